The Morgan fingerprint density at radius 1 is 1.43 bits per heavy atom. The van der Waals surface area contributed by atoms with Gasteiger partial charge >= 0.3 is 5.97 Å². The summed E-state index contributed by atoms with van der Waals surface area (Å²) < 4.78 is 4.71. The zero-order chi connectivity index (χ0) is 10.6. The third kappa shape index (κ3) is 2.39. The van der Waals surface area contributed by atoms with E-state index in [-0.39, 0.29) is 12.2 Å². The van der Waals surface area contributed by atoms with Crippen LogP contribution in [-0.2, 0) is 19.1 Å². The molecular weight excluding hydrogens is 184 g/mol. The van der Waals surface area contributed by atoms with Gasteiger partial charge in [-0.15, -0.1) is 0 Å². The average molecular weight is 194 g/mol. The molecule has 4 nitrogen and oxygen atoms in total. The van der Waals surface area contributed by atoms with Gasteiger partial charge in [0.05, 0.1) is 0 Å². The summed E-state index contributed by atoms with van der Waals surface area (Å²) >= 11 is 0. The summed E-state index contributed by atoms with van der Waals surface area (Å²) in [5, 5.41) is 0. The summed E-state index contributed by atoms with van der Waals surface area (Å²) in [5.74, 6) is -2.10. The third-order valence-electron chi connectivity index (χ3n) is 1.62. The van der Waals surface area contributed by atoms with Crippen LogP contribution in [0.25, 0.3) is 0 Å². The minimum Gasteiger partial charge on any atom is -0.422 e. The number of hydrogen-bond acceptors (Lipinski definition) is 4. The van der Waals surface area contributed by atoms with Crippen molar-refractivity contribution in [1.29, 1.82) is 0 Å². The second kappa shape index (κ2) is 4.50. The van der Waals surface area contributed by atoms with Crippen LogP contribution in [0.15, 0.2) is 24.0 Å². The molecule has 0 spiro atoms. The summed E-state index contributed by atoms with van der Waals surface area (Å²) in [6.45, 7) is 1.82. The van der Waals surface area contributed by atoms with Crippen molar-refractivity contribution in [2.45, 2.75) is 19.8 Å². The molecule has 1 aliphatic rings. The zero-order valence-electron chi connectivity index (χ0n) is 7.78. The van der Waals surface area contributed by atoms with Gasteiger partial charge in [-0.1, -0.05) is 13.0 Å². The molecular formula is C10H10O4. The SMILES string of the molecule is CCCC(=O)OC1=CC=CC(=O)C1=O. The minimum atomic E-state index is -0.767. The Kier molecular flexibility index (Phi) is 3.34. The van der Waals surface area contributed by atoms with Crippen LogP contribution in [0.4, 0.5) is 0 Å². The molecule has 0 bridgehead atoms. The van der Waals surface area contributed by atoms with Crippen LogP contribution in [0.3, 0.4) is 0 Å². The quantitative estimate of drug-likeness (QED) is 0.381. The molecule has 0 unspecified atom stereocenters. The molecule has 1 aliphatic carbocycles. The van der Waals surface area contributed by atoms with Gasteiger partial charge in [0.2, 0.25) is 5.78 Å². The molecule has 1 rings (SSSR count). The van der Waals surface area contributed by atoms with E-state index in [1.165, 1.54) is 12.2 Å². The Hall–Kier alpha value is -1.71. The summed E-state index contributed by atoms with van der Waals surface area (Å²) in [5.41, 5.74) is 0. The number of ketones is 2. The van der Waals surface area contributed by atoms with E-state index in [2.05, 4.69) is 0 Å². The molecule has 0 aromatic rings. The zero-order valence-corrected chi connectivity index (χ0v) is 7.78. The average Bonchev–Trinajstić information content (AvgIpc) is 2.13. The maximum Gasteiger partial charge on any atom is 0.311 e. The van der Waals surface area contributed by atoms with Crippen molar-refractivity contribution in [3.8, 4) is 0 Å². The highest BCUT2D eigenvalue weighted by molar-refractivity contribution is 6.47. The van der Waals surface area contributed by atoms with E-state index in [0.717, 1.165) is 6.08 Å². The molecule has 0 N–H and O–H groups in total. The van der Waals surface area contributed by atoms with Gasteiger partial charge < -0.3 is 4.74 Å². The fourth-order valence-corrected chi connectivity index (χ4v) is 0.954. The summed E-state index contributed by atoms with van der Waals surface area (Å²) in [4.78, 5) is 33.0. The van der Waals surface area contributed by atoms with Crippen molar-refractivity contribution in [1.82, 2.24) is 0 Å². The van der Waals surface area contributed by atoms with E-state index in [4.69, 9.17) is 4.74 Å². The van der Waals surface area contributed by atoms with Gasteiger partial charge in [0.15, 0.2) is 5.76 Å². The first-order valence-electron chi connectivity index (χ1n) is 4.33. The first-order valence-corrected chi connectivity index (χ1v) is 4.33. The lowest BCUT2D eigenvalue weighted by atomic mass is 10.1. The Bertz CT molecular complexity index is 336. The number of ether oxygens (including phenoxy) is 1. The van der Waals surface area contributed by atoms with Crippen molar-refractivity contribution in [2.24, 2.45) is 0 Å². The maximum absolute atomic E-state index is 11.1. The first kappa shape index (κ1) is 10.4. The molecule has 74 valence electrons. The smallest absolute Gasteiger partial charge is 0.311 e. The molecule has 0 saturated heterocycles. The predicted octanol–water partition coefficient (Wildman–Crippen LogP) is 0.922. The van der Waals surface area contributed by atoms with E-state index < -0.39 is 17.5 Å². The van der Waals surface area contributed by atoms with Crippen LogP contribution in [0.2, 0.25) is 0 Å². The number of carbonyl (C=O) groups excluding carboxylic acids is 3. The lowest BCUT2D eigenvalue weighted by Gasteiger charge is -2.06. The molecule has 4 heteroatoms. The number of allylic oxidation sites excluding steroid dienone is 4. The molecule has 0 aromatic heterocycles. The Morgan fingerprint density at radius 3 is 2.79 bits per heavy atom. The van der Waals surface area contributed by atoms with E-state index in [0.29, 0.717) is 6.42 Å². The van der Waals surface area contributed by atoms with E-state index in [1.54, 1.807) is 0 Å². The molecule has 0 saturated carbocycles. The number of rotatable bonds is 3. The fraction of sp³-hybridized carbons (Fsp3) is 0.300. The van der Waals surface area contributed by atoms with Gasteiger partial charge in [-0.25, -0.2) is 0 Å². The van der Waals surface area contributed by atoms with Crippen LogP contribution in [0.1, 0.15) is 19.8 Å². The number of carbonyl (C=O) groups is 3. The Balaban J connectivity index is 2.65. The molecule has 14 heavy (non-hydrogen) atoms. The standard InChI is InChI=1S/C10H10O4/c1-2-4-9(12)14-8-6-3-5-7(11)10(8)13/h3,5-6H,2,4H2,1H3. The van der Waals surface area contributed by atoms with E-state index >= 15 is 0 Å². The number of hydrogen-bond donors (Lipinski definition) is 0. The monoisotopic (exact) mass is 194 g/mol. The van der Waals surface area contributed by atoms with Crippen LogP contribution >= 0.6 is 0 Å². The Morgan fingerprint density at radius 2 is 2.14 bits per heavy atom. The van der Waals surface area contributed by atoms with Gasteiger partial charge in [-0.3, -0.25) is 14.4 Å². The van der Waals surface area contributed by atoms with Gasteiger partial charge in [0.1, 0.15) is 0 Å². The Labute approximate surface area is 81.2 Å². The highest BCUT2D eigenvalue weighted by atomic mass is 16.5. The second-order valence-electron chi connectivity index (χ2n) is 2.81. The normalized spacial score (nSPS) is 15.4. The highest BCUT2D eigenvalue weighted by Crippen LogP contribution is 2.08. The summed E-state index contributed by atoms with van der Waals surface area (Å²) in [6.07, 6.45) is 4.72. The van der Waals surface area contributed by atoms with E-state index in [1.807, 2.05) is 6.92 Å². The molecule has 0 heterocycles. The lowest BCUT2D eigenvalue weighted by molar-refractivity contribution is -0.144. The van der Waals surface area contributed by atoms with Crippen molar-refractivity contribution < 1.29 is 19.1 Å². The molecule has 0 radical (unpaired) electrons. The van der Waals surface area contributed by atoms with Crippen molar-refractivity contribution >= 4 is 17.5 Å². The maximum atomic E-state index is 11.1. The molecule has 0 fully saturated rings. The summed E-state index contributed by atoms with van der Waals surface area (Å²) in [6, 6.07) is 0. The van der Waals surface area contributed by atoms with Crippen LogP contribution in [0.5, 0.6) is 0 Å². The predicted molar refractivity (Wildman–Crippen MR) is 48.2 cm³/mol. The van der Waals surface area contributed by atoms with Crippen LogP contribution in [-0.4, -0.2) is 17.5 Å². The third-order valence-corrected chi connectivity index (χ3v) is 1.62. The van der Waals surface area contributed by atoms with Gasteiger partial charge in [-0.05, 0) is 18.6 Å². The van der Waals surface area contributed by atoms with Gasteiger partial charge in [0, 0.05) is 6.42 Å². The highest BCUT2D eigenvalue weighted by Gasteiger charge is 2.22. The largest absolute Gasteiger partial charge is 0.422 e. The van der Waals surface area contributed by atoms with E-state index in [9.17, 15) is 14.4 Å². The topological polar surface area (TPSA) is 60.4 Å². The molecule has 0 amide bonds. The second-order valence-corrected chi connectivity index (χ2v) is 2.81. The van der Waals surface area contributed by atoms with Crippen LogP contribution < -0.4 is 0 Å². The van der Waals surface area contributed by atoms with Crippen molar-refractivity contribution in [3.63, 3.8) is 0 Å². The van der Waals surface area contributed by atoms with Crippen molar-refractivity contribution in [2.75, 3.05) is 0 Å². The molecule has 0 aliphatic heterocycles. The number of esters is 1. The molecule has 0 atom stereocenters. The molecule has 0 aromatic carbocycles. The fourth-order valence-electron chi connectivity index (χ4n) is 0.954. The van der Waals surface area contributed by atoms with Crippen LogP contribution in [0, 0.1) is 0 Å². The first-order chi connectivity index (χ1) is 6.65. The minimum absolute atomic E-state index is 0.184. The number of Topliss-reactive ketones (excluding diaryl/α,β-unsaturated/α-hetero) is 1. The van der Waals surface area contributed by atoms with Crippen molar-refractivity contribution in [3.05, 3.63) is 24.0 Å². The van der Waals surface area contributed by atoms with Gasteiger partial charge in [-0.2, -0.15) is 0 Å². The summed E-state index contributed by atoms with van der Waals surface area (Å²) in [7, 11) is 0. The van der Waals surface area contributed by atoms with Gasteiger partial charge in [0.25, 0.3) is 5.78 Å². The lowest BCUT2D eigenvalue weighted by Crippen LogP contribution is -2.20.